The molecular formula is C10H17ClN2OS. The minimum atomic E-state index is -0.629. The molecule has 1 atom stereocenters. The molecule has 0 saturated heterocycles. The maximum absolute atomic E-state index is 9.89. The summed E-state index contributed by atoms with van der Waals surface area (Å²) in [6.07, 6.45) is 3.43. The predicted molar refractivity (Wildman–Crippen MR) is 64.4 cm³/mol. The zero-order valence-corrected chi connectivity index (χ0v) is 10.7. The van der Waals surface area contributed by atoms with Crippen LogP contribution in [0, 0.1) is 0 Å². The van der Waals surface area contributed by atoms with Gasteiger partial charge in [0.15, 0.2) is 0 Å². The molecule has 0 bridgehead atoms. The zero-order chi connectivity index (χ0) is 11.3. The van der Waals surface area contributed by atoms with Crippen LogP contribution in [0.5, 0.6) is 0 Å². The van der Waals surface area contributed by atoms with Gasteiger partial charge in [-0.05, 0) is 13.3 Å². The van der Waals surface area contributed by atoms with E-state index in [-0.39, 0.29) is 0 Å². The lowest BCUT2D eigenvalue weighted by atomic mass is 10.0. The largest absolute Gasteiger partial charge is 0.389 e. The fraction of sp³-hybridized carbons (Fsp3) is 0.700. The maximum atomic E-state index is 9.89. The van der Waals surface area contributed by atoms with E-state index in [1.807, 2.05) is 6.92 Å². The van der Waals surface area contributed by atoms with Crippen molar-refractivity contribution in [1.29, 1.82) is 0 Å². The quantitative estimate of drug-likeness (QED) is 0.813. The van der Waals surface area contributed by atoms with Gasteiger partial charge in [-0.15, -0.1) is 11.3 Å². The number of hydrogen-bond acceptors (Lipinski definition) is 4. The molecule has 0 amide bonds. The van der Waals surface area contributed by atoms with Crippen LogP contribution >= 0.6 is 22.9 Å². The van der Waals surface area contributed by atoms with Crippen molar-refractivity contribution in [3.05, 3.63) is 15.5 Å². The molecule has 2 N–H and O–H groups in total. The maximum Gasteiger partial charge on any atom is 0.113 e. The Morgan fingerprint density at radius 2 is 2.40 bits per heavy atom. The third-order valence-electron chi connectivity index (χ3n) is 2.10. The van der Waals surface area contributed by atoms with Crippen LogP contribution in [-0.4, -0.2) is 22.2 Å². The van der Waals surface area contributed by atoms with E-state index in [9.17, 15) is 5.11 Å². The first-order valence-electron chi connectivity index (χ1n) is 5.07. The summed E-state index contributed by atoms with van der Waals surface area (Å²) in [7, 11) is 0. The number of aromatic nitrogens is 1. The Balaban J connectivity index is 2.27. The molecule has 86 valence electrons. The van der Waals surface area contributed by atoms with E-state index in [0.717, 1.165) is 17.8 Å². The Bertz CT molecular complexity index is 301. The number of nitrogens with one attached hydrogen (secondary N) is 1. The van der Waals surface area contributed by atoms with Crippen molar-refractivity contribution in [3.63, 3.8) is 0 Å². The van der Waals surface area contributed by atoms with Crippen LogP contribution in [-0.2, 0) is 6.54 Å². The van der Waals surface area contributed by atoms with Gasteiger partial charge in [0.1, 0.15) is 9.34 Å². The Labute approximate surface area is 99.5 Å². The monoisotopic (exact) mass is 248 g/mol. The summed E-state index contributed by atoms with van der Waals surface area (Å²) in [5.74, 6) is 0. The average Bonchev–Trinajstić information content (AvgIpc) is 2.51. The van der Waals surface area contributed by atoms with Gasteiger partial charge in [0.2, 0.25) is 0 Å². The molecule has 3 nitrogen and oxygen atoms in total. The summed E-state index contributed by atoms with van der Waals surface area (Å²) >= 11 is 7.22. The highest BCUT2D eigenvalue weighted by molar-refractivity contribution is 7.15. The van der Waals surface area contributed by atoms with Gasteiger partial charge in [0.25, 0.3) is 0 Å². The van der Waals surface area contributed by atoms with E-state index >= 15 is 0 Å². The first-order valence-corrected chi connectivity index (χ1v) is 6.26. The number of hydrogen-bond donors (Lipinski definition) is 2. The standard InChI is InChI=1S/C10H17ClN2OS/c1-3-4-10(2,14)7-12-6-9-13-5-8(11)15-9/h5,12,14H,3-4,6-7H2,1-2H3. The Hall–Kier alpha value is -0.160. The summed E-state index contributed by atoms with van der Waals surface area (Å²) in [6, 6.07) is 0. The van der Waals surface area contributed by atoms with Crippen LogP contribution in [0.4, 0.5) is 0 Å². The molecule has 0 aliphatic carbocycles. The highest BCUT2D eigenvalue weighted by Crippen LogP contribution is 2.18. The third-order valence-corrected chi connectivity index (χ3v) is 3.21. The van der Waals surface area contributed by atoms with Crippen LogP contribution in [0.1, 0.15) is 31.7 Å². The van der Waals surface area contributed by atoms with Gasteiger partial charge in [0.05, 0.1) is 11.8 Å². The summed E-state index contributed by atoms with van der Waals surface area (Å²) in [5.41, 5.74) is -0.629. The number of thiazole rings is 1. The molecule has 1 aromatic rings. The van der Waals surface area contributed by atoms with Crippen molar-refractivity contribution in [1.82, 2.24) is 10.3 Å². The Kier molecular flexibility index (Phi) is 4.99. The van der Waals surface area contributed by atoms with Crippen molar-refractivity contribution in [2.24, 2.45) is 0 Å². The van der Waals surface area contributed by atoms with Gasteiger partial charge in [-0.3, -0.25) is 0 Å². The fourth-order valence-corrected chi connectivity index (χ4v) is 2.36. The summed E-state index contributed by atoms with van der Waals surface area (Å²) < 4.78 is 0.701. The molecule has 5 heteroatoms. The molecule has 0 radical (unpaired) electrons. The molecule has 0 saturated carbocycles. The van der Waals surface area contributed by atoms with Crippen LogP contribution in [0.25, 0.3) is 0 Å². The van der Waals surface area contributed by atoms with E-state index in [1.165, 1.54) is 11.3 Å². The number of rotatable bonds is 6. The minimum Gasteiger partial charge on any atom is -0.389 e. The fourth-order valence-electron chi connectivity index (χ4n) is 1.44. The SMILES string of the molecule is CCCC(C)(O)CNCc1ncc(Cl)s1. The van der Waals surface area contributed by atoms with E-state index in [2.05, 4.69) is 17.2 Å². The van der Waals surface area contributed by atoms with Crippen molar-refractivity contribution < 1.29 is 5.11 Å². The lowest BCUT2D eigenvalue weighted by Crippen LogP contribution is -2.37. The second-order valence-corrected chi connectivity index (χ2v) is 5.66. The minimum absolute atomic E-state index is 0.581. The second-order valence-electron chi connectivity index (χ2n) is 3.91. The summed E-state index contributed by atoms with van der Waals surface area (Å²) in [5, 5.41) is 14.0. The van der Waals surface area contributed by atoms with Gasteiger partial charge in [-0.2, -0.15) is 0 Å². The van der Waals surface area contributed by atoms with Crippen molar-refractivity contribution in [2.45, 2.75) is 38.8 Å². The third kappa shape index (κ3) is 4.93. The number of aliphatic hydroxyl groups is 1. The smallest absolute Gasteiger partial charge is 0.113 e. The lowest BCUT2D eigenvalue weighted by molar-refractivity contribution is 0.0498. The second kappa shape index (κ2) is 5.80. The topological polar surface area (TPSA) is 45.1 Å². The van der Waals surface area contributed by atoms with Crippen molar-refractivity contribution >= 4 is 22.9 Å². The van der Waals surface area contributed by atoms with Gasteiger partial charge < -0.3 is 10.4 Å². The summed E-state index contributed by atoms with van der Waals surface area (Å²) in [6.45, 7) is 5.16. The lowest BCUT2D eigenvalue weighted by Gasteiger charge is -2.22. The number of halogens is 1. The van der Waals surface area contributed by atoms with Crippen LogP contribution in [0.15, 0.2) is 6.20 Å². The zero-order valence-electron chi connectivity index (χ0n) is 9.09. The van der Waals surface area contributed by atoms with E-state index in [0.29, 0.717) is 17.4 Å². The van der Waals surface area contributed by atoms with Gasteiger partial charge in [0, 0.05) is 13.1 Å². The van der Waals surface area contributed by atoms with E-state index in [1.54, 1.807) is 6.20 Å². The molecule has 0 aliphatic heterocycles. The molecule has 15 heavy (non-hydrogen) atoms. The van der Waals surface area contributed by atoms with E-state index < -0.39 is 5.60 Å². The Morgan fingerprint density at radius 1 is 1.67 bits per heavy atom. The van der Waals surface area contributed by atoms with Gasteiger partial charge >= 0.3 is 0 Å². The molecule has 0 fully saturated rings. The highest BCUT2D eigenvalue weighted by atomic mass is 35.5. The highest BCUT2D eigenvalue weighted by Gasteiger charge is 2.18. The summed E-state index contributed by atoms with van der Waals surface area (Å²) in [4.78, 5) is 4.12. The average molecular weight is 249 g/mol. The molecule has 0 spiro atoms. The number of nitrogens with zero attached hydrogens (tertiary/aromatic N) is 1. The van der Waals surface area contributed by atoms with Gasteiger partial charge in [-0.25, -0.2) is 4.98 Å². The molecular weight excluding hydrogens is 232 g/mol. The molecule has 0 aromatic carbocycles. The molecule has 0 aliphatic rings. The van der Waals surface area contributed by atoms with E-state index in [4.69, 9.17) is 11.6 Å². The van der Waals surface area contributed by atoms with Crippen molar-refractivity contribution in [3.8, 4) is 0 Å². The predicted octanol–water partition coefficient (Wildman–Crippen LogP) is 2.44. The molecule has 1 heterocycles. The van der Waals surface area contributed by atoms with Gasteiger partial charge in [-0.1, -0.05) is 24.9 Å². The van der Waals surface area contributed by atoms with Crippen LogP contribution < -0.4 is 5.32 Å². The van der Waals surface area contributed by atoms with Crippen LogP contribution in [0.3, 0.4) is 0 Å². The van der Waals surface area contributed by atoms with Crippen molar-refractivity contribution in [2.75, 3.05) is 6.54 Å². The Morgan fingerprint density at radius 3 is 2.93 bits per heavy atom. The normalized spacial score (nSPS) is 15.2. The molecule has 1 unspecified atom stereocenters. The molecule has 1 rings (SSSR count). The molecule has 1 aromatic heterocycles. The first-order chi connectivity index (χ1) is 7.03. The van der Waals surface area contributed by atoms with Crippen LogP contribution in [0.2, 0.25) is 4.34 Å². The first kappa shape index (κ1) is 12.9.